The lowest BCUT2D eigenvalue weighted by Gasteiger charge is -2.42. The molecule has 0 bridgehead atoms. The van der Waals surface area contributed by atoms with Gasteiger partial charge < -0.3 is 49.6 Å². The Morgan fingerprint density at radius 1 is 1.05 bits per heavy atom. The number of ether oxygens (including phenoxy) is 4. The zero-order chi connectivity index (χ0) is 28.5. The van der Waals surface area contributed by atoms with Crippen LogP contribution in [-0.4, -0.2) is 112 Å². The van der Waals surface area contributed by atoms with E-state index in [2.05, 4.69) is 15.6 Å². The molecule has 2 unspecified atom stereocenters. The fraction of sp³-hybridized carbons (Fsp3) is 0.619. The normalized spacial score (nSPS) is 21.8. The van der Waals surface area contributed by atoms with Crippen LogP contribution in [0.25, 0.3) is 4.98 Å². The van der Waals surface area contributed by atoms with Crippen molar-refractivity contribution in [2.24, 2.45) is 0 Å². The van der Waals surface area contributed by atoms with Crippen LogP contribution >= 0.6 is 0 Å². The number of aliphatic hydroxyl groups excluding tert-OH is 3. The maximum atomic E-state index is 12.0. The molecule has 13 nitrogen and oxygen atoms in total. The predicted molar refractivity (Wildman–Crippen MR) is 126 cm³/mol. The van der Waals surface area contributed by atoms with Crippen molar-refractivity contribution in [3.05, 3.63) is 34.8 Å². The molecule has 1 aliphatic rings. The van der Waals surface area contributed by atoms with Crippen LogP contribution in [0.2, 0.25) is 0 Å². The molecule has 0 radical (unpaired) electrons. The number of benzene rings is 1. The van der Waals surface area contributed by atoms with Gasteiger partial charge in [0.2, 0.25) is 11.3 Å². The van der Waals surface area contributed by atoms with Gasteiger partial charge in [0.25, 0.3) is 5.91 Å². The second-order valence-corrected chi connectivity index (χ2v) is 7.68. The van der Waals surface area contributed by atoms with E-state index in [1.165, 1.54) is 19.1 Å². The highest BCUT2D eigenvalue weighted by atomic mass is 19.4. The molecule has 5 atom stereocenters. The van der Waals surface area contributed by atoms with E-state index in [1.807, 2.05) is 0 Å². The van der Waals surface area contributed by atoms with Crippen molar-refractivity contribution in [3.63, 3.8) is 0 Å². The average Bonchev–Trinajstić information content (AvgIpc) is 2.88. The van der Waals surface area contributed by atoms with Gasteiger partial charge in [-0.1, -0.05) is 0 Å². The molecular weight excluding hydrogens is 539 g/mol. The zero-order valence-electron chi connectivity index (χ0n) is 20.9. The Morgan fingerprint density at radius 3 is 2.15 bits per heavy atom. The van der Waals surface area contributed by atoms with Gasteiger partial charge in [-0.25, -0.2) is 0 Å². The average molecular weight is 570 g/mol. The van der Waals surface area contributed by atoms with E-state index >= 15 is 0 Å². The summed E-state index contributed by atoms with van der Waals surface area (Å²) in [5.74, 6) is -0.707. The van der Waals surface area contributed by atoms with Crippen molar-refractivity contribution in [1.82, 2.24) is 10.6 Å². The first-order valence-corrected chi connectivity index (χ1v) is 11.4. The third kappa shape index (κ3) is 14.2. The van der Waals surface area contributed by atoms with E-state index in [9.17, 15) is 37.9 Å². The van der Waals surface area contributed by atoms with E-state index in [0.717, 1.165) is 0 Å². The molecular formula is C21H31BF4N4O9. The molecule has 0 spiro atoms. The first-order valence-electron chi connectivity index (χ1n) is 11.4. The number of amides is 2. The van der Waals surface area contributed by atoms with E-state index in [-0.39, 0.29) is 43.6 Å². The summed E-state index contributed by atoms with van der Waals surface area (Å²) in [6.45, 7) is 2.12. The van der Waals surface area contributed by atoms with Gasteiger partial charge in [0.1, 0.15) is 24.4 Å². The molecule has 1 aromatic rings. The van der Waals surface area contributed by atoms with Crippen LogP contribution in [0.3, 0.4) is 0 Å². The number of carbonyl (C=O) groups excluding carboxylic acids is 2. The topological polar surface area (TPSA) is 184 Å². The molecule has 1 fully saturated rings. The predicted octanol–water partition coefficient (Wildman–Crippen LogP) is -3.22. The monoisotopic (exact) mass is 570 g/mol. The van der Waals surface area contributed by atoms with Crippen molar-refractivity contribution >= 4 is 25.0 Å². The lowest BCUT2D eigenvalue weighted by molar-refractivity contribution is -0.272. The minimum absolute atomic E-state index is 0. The molecule has 220 valence electrons. The van der Waals surface area contributed by atoms with Crippen LogP contribution in [0, 0.1) is 5.39 Å². The van der Waals surface area contributed by atoms with Crippen LogP contribution in [-0.2, 0) is 23.7 Å². The second kappa shape index (κ2) is 20.1. The van der Waals surface area contributed by atoms with Gasteiger partial charge >= 0.3 is 13.2 Å². The molecule has 1 aromatic carbocycles. The second-order valence-electron chi connectivity index (χ2n) is 7.68. The van der Waals surface area contributed by atoms with Gasteiger partial charge in [0.15, 0.2) is 11.3 Å². The Balaban J connectivity index is 0.00000269. The third-order valence-corrected chi connectivity index (χ3v) is 4.91. The van der Waals surface area contributed by atoms with E-state index in [1.54, 1.807) is 12.1 Å². The van der Waals surface area contributed by atoms with Crippen molar-refractivity contribution < 1.29 is 61.5 Å². The number of halogens is 4. The summed E-state index contributed by atoms with van der Waals surface area (Å²) >= 11 is 0. The number of hydrogen-bond acceptors (Lipinski definition) is 10. The van der Waals surface area contributed by atoms with Gasteiger partial charge in [0, 0.05) is 31.2 Å². The number of rotatable bonds is 13. The minimum Gasteiger partial charge on any atom is -1.00 e. The Morgan fingerprint density at radius 2 is 1.62 bits per heavy atom. The van der Waals surface area contributed by atoms with E-state index < -0.39 is 50.7 Å². The number of carbonyl (C=O) groups is 2. The highest BCUT2D eigenvalue weighted by molar-refractivity contribution is 6.33. The molecule has 39 heavy (non-hydrogen) atoms. The summed E-state index contributed by atoms with van der Waals surface area (Å²) in [7, 11) is -3.67. The standard InChI is InChI=1S/C21H30N4O9.BF3.FH/c1-13(27)24-17-19(29)18(28)16(12-26)34-21(17)33-11-10-32-9-8-31-7-6-23-20(30)14-2-4-15(25-22)5-3-14;2-1(3)4;/h2-5,16-19,21,26,28-29H,6-12H2,1H3,(H-,23,24,27,30);;1H/t16?,17?,18-,19+,21+;;/m0../s1. The third-order valence-electron chi connectivity index (χ3n) is 4.91. The maximum absolute atomic E-state index is 12.0. The number of aliphatic hydroxyl groups is 3. The lowest BCUT2D eigenvalue weighted by Crippen LogP contribution is -3.00. The number of diazo groups is 1. The molecule has 5 N–H and O–H groups in total. The molecule has 0 saturated carbocycles. The van der Waals surface area contributed by atoms with Gasteiger partial charge in [0.05, 0.1) is 39.6 Å². The molecule has 1 aliphatic heterocycles. The lowest BCUT2D eigenvalue weighted by atomic mass is 9.97. The van der Waals surface area contributed by atoms with Crippen LogP contribution in [0.5, 0.6) is 0 Å². The summed E-state index contributed by atoms with van der Waals surface area (Å²) in [6.07, 6.45) is -4.86. The highest BCUT2D eigenvalue weighted by Crippen LogP contribution is 2.22. The smallest absolute Gasteiger partial charge is 0.762 e. The Kier molecular flexibility index (Phi) is 18.6. The summed E-state index contributed by atoms with van der Waals surface area (Å²) in [4.78, 5) is 26.4. The Bertz CT molecular complexity index is 883. The SMILES string of the molecule is CC(=O)NC1[C@H](OCCOCCOCCNC(=O)c2ccc([N+]#N)cc2)OC(CO)[C@H](O)[C@@H]1O.FB(F)F.[F-]. The van der Waals surface area contributed by atoms with Crippen molar-refractivity contribution in [2.45, 2.75) is 37.6 Å². The van der Waals surface area contributed by atoms with Gasteiger partial charge in [-0.3, -0.25) is 22.5 Å². The van der Waals surface area contributed by atoms with Crippen LogP contribution in [0.4, 0.5) is 18.6 Å². The summed E-state index contributed by atoms with van der Waals surface area (Å²) in [6, 6.07) is 5.12. The maximum Gasteiger partial charge on any atom is 0.762 e. The van der Waals surface area contributed by atoms with Gasteiger partial charge in [-0.2, -0.15) is 0 Å². The molecule has 18 heteroatoms. The van der Waals surface area contributed by atoms with E-state index in [4.69, 9.17) is 24.3 Å². The first-order chi connectivity index (χ1) is 18.1. The zero-order valence-corrected chi connectivity index (χ0v) is 20.9. The van der Waals surface area contributed by atoms with Crippen molar-refractivity contribution in [1.29, 1.82) is 5.39 Å². The van der Waals surface area contributed by atoms with Crippen LogP contribution in [0.1, 0.15) is 17.3 Å². The highest BCUT2D eigenvalue weighted by Gasteiger charge is 2.45. The fourth-order valence-electron chi connectivity index (χ4n) is 3.18. The molecule has 0 aromatic heterocycles. The molecule has 2 rings (SSSR count). The van der Waals surface area contributed by atoms with Crippen molar-refractivity contribution in [2.75, 3.05) is 46.2 Å². The molecule has 2 amide bonds. The number of nitrogens with one attached hydrogen (secondary N) is 2. The summed E-state index contributed by atoms with van der Waals surface area (Å²) in [5, 5.41) is 43.3. The van der Waals surface area contributed by atoms with Crippen molar-refractivity contribution in [3.8, 4) is 0 Å². The van der Waals surface area contributed by atoms with Crippen LogP contribution < -0.4 is 15.3 Å². The quantitative estimate of drug-likeness (QED) is 0.0700. The van der Waals surface area contributed by atoms with Gasteiger partial charge in [-0.15, -0.1) is 0 Å². The molecule has 1 heterocycles. The molecule has 1 saturated heterocycles. The molecule has 0 aliphatic carbocycles. The van der Waals surface area contributed by atoms with Gasteiger partial charge in [-0.05, 0) is 12.1 Å². The first kappa shape index (κ1) is 36.1. The number of hydrogen-bond donors (Lipinski definition) is 5. The van der Waals surface area contributed by atoms with Crippen LogP contribution in [0.15, 0.2) is 24.3 Å². The largest absolute Gasteiger partial charge is 1.00 e. The Labute approximate surface area is 221 Å². The minimum atomic E-state index is -3.67. The summed E-state index contributed by atoms with van der Waals surface area (Å²) in [5.41, 5.74) is 0.792. The van der Waals surface area contributed by atoms with E-state index in [0.29, 0.717) is 17.8 Å². The number of nitrogens with zero attached hydrogens (tertiary/aromatic N) is 2. The summed E-state index contributed by atoms with van der Waals surface area (Å²) < 4.78 is 50.7. The fourth-order valence-corrected chi connectivity index (χ4v) is 3.18. The Hall–Kier alpha value is -2.92.